The van der Waals surface area contributed by atoms with Crippen LogP contribution in [0.2, 0.25) is 0 Å². The number of aromatic hydroxyl groups is 1. The minimum Gasteiger partial charge on any atom is -0.505 e. The molecule has 1 aliphatic rings. The molecule has 9 heteroatoms. The molecule has 2 atom stereocenters. The molecule has 27 heavy (non-hydrogen) atoms. The average molecular weight is 379 g/mol. The molecule has 1 saturated heterocycles. The number of anilines is 1. The summed E-state index contributed by atoms with van der Waals surface area (Å²) in [7, 11) is 0. The zero-order valence-electron chi connectivity index (χ0n) is 14.5. The van der Waals surface area contributed by atoms with Crippen molar-refractivity contribution >= 4 is 17.5 Å². The molecular weight excluding hydrogens is 360 g/mol. The normalized spacial score (nSPS) is 18.3. The summed E-state index contributed by atoms with van der Waals surface area (Å²) in [6.07, 6.45) is 2.69. The topological polar surface area (TPSA) is 115 Å². The molecule has 1 aromatic carbocycles. The van der Waals surface area contributed by atoms with Gasteiger partial charge in [0.2, 0.25) is 0 Å². The predicted molar refractivity (Wildman–Crippen MR) is 93.0 cm³/mol. The number of aromatic nitrogens is 1. The van der Waals surface area contributed by atoms with E-state index < -0.39 is 29.4 Å². The number of hydrogen-bond donors (Lipinski definition) is 3. The third-order valence-electron chi connectivity index (χ3n) is 3.74. The Morgan fingerprint density at radius 2 is 2.04 bits per heavy atom. The molecule has 2 heterocycles. The van der Waals surface area contributed by atoms with Crippen LogP contribution in [0.25, 0.3) is 0 Å². The van der Waals surface area contributed by atoms with Crippen molar-refractivity contribution in [2.45, 2.75) is 32.0 Å². The Morgan fingerprint density at radius 3 is 2.59 bits per heavy atom. The Labute approximate surface area is 154 Å². The second-order valence-corrected chi connectivity index (χ2v) is 5.87. The molecule has 0 aliphatic carbocycles. The molecule has 2 aromatic rings. The van der Waals surface area contributed by atoms with Crippen LogP contribution in [-0.2, 0) is 9.53 Å². The van der Waals surface area contributed by atoms with Gasteiger partial charge in [0.25, 0.3) is 11.8 Å². The van der Waals surface area contributed by atoms with E-state index >= 15 is 0 Å². The van der Waals surface area contributed by atoms with Gasteiger partial charge in [0.05, 0.1) is 6.10 Å². The SMILES string of the molecule is CC1CCC(C(=O)Nc2ccnc(C(N)=O)c2)O1.Oc1cccc(F)c1F. The number of amides is 2. The molecule has 0 radical (unpaired) electrons. The molecular formula is C18H19F2N3O4. The molecule has 1 fully saturated rings. The van der Waals surface area contributed by atoms with Crippen LogP contribution in [0.15, 0.2) is 36.5 Å². The number of nitrogens with zero attached hydrogens (tertiary/aromatic N) is 1. The molecule has 2 unspecified atom stereocenters. The Bertz CT molecular complexity index is 812. The minimum absolute atomic E-state index is 0.111. The number of nitrogens with one attached hydrogen (secondary N) is 1. The van der Waals surface area contributed by atoms with Crippen LogP contribution in [0.3, 0.4) is 0 Å². The fourth-order valence-corrected chi connectivity index (χ4v) is 2.35. The van der Waals surface area contributed by atoms with E-state index in [0.29, 0.717) is 12.1 Å². The van der Waals surface area contributed by atoms with Gasteiger partial charge >= 0.3 is 0 Å². The lowest BCUT2D eigenvalue weighted by atomic mass is 10.2. The van der Waals surface area contributed by atoms with Gasteiger partial charge in [-0.2, -0.15) is 4.39 Å². The number of ether oxygens (including phenoxy) is 1. The van der Waals surface area contributed by atoms with Crippen molar-refractivity contribution < 1.29 is 28.2 Å². The van der Waals surface area contributed by atoms with Crippen molar-refractivity contribution in [2.24, 2.45) is 5.73 Å². The summed E-state index contributed by atoms with van der Waals surface area (Å²) in [5, 5.41) is 11.2. The first-order valence-electron chi connectivity index (χ1n) is 8.13. The molecule has 4 N–H and O–H groups in total. The van der Waals surface area contributed by atoms with E-state index in [1.165, 1.54) is 18.3 Å². The summed E-state index contributed by atoms with van der Waals surface area (Å²) < 4.78 is 29.6. The summed E-state index contributed by atoms with van der Waals surface area (Å²) >= 11 is 0. The maximum absolute atomic E-state index is 12.1. The van der Waals surface area contributed by atoms with Gasteiger partial charge in [0.1, 0.15) is 11.8 Å². The summed E-state index contributed by atoms with van der Waals surface area (Å²) in [6.45, 7) is 1.94. The monoisotopic (exact) mass is 379 g/mol. The van der Waals surface area contributed by atoms with Crippen molar-refractivity contribution in [3.63, 3.8) is 0 Å². The van der Waals surface area contributed by atoms with Crippen molar-refractivity contribution in [3.05, 3.63) is 53.9 Å². The Hall–Kier alpha value is -3.07. The van der Waals surface area contributed by atoms with Crippen LogP contribution < -0.4 is 11.1 Å². The number of hydrogen-bond acceptors (Lipinski definition) is 5. The molecule has 1 aromatic heterocycles. The largest absolute Gasteiger partial charge is 0.505 e. The fourth-order valence-electron chi connectivity index (χ4n) is 2.35. The van der Waals surface area contributed by atoms with E-state index in [9.17, 15) is 18.4 Å². The molecule has 0 bridgehead atoms. The quantitative estimate of drug-likeness (QED) is 0.757. The maximum Gasteiger partial charge on any atom is 0.267 e. The van der Waals surface area contributed by atoms with Crippen LogP contribution in [0.4, 0.5) is 14.5 Å². The van der Waals surface area contributed by atoms with Crippen molar-refractivity contribution in [3.8, 4) is 5.75 Å². The highest BCUT2D eigenvalue weighted by Crippen LogP contribution is 2.20. The smallest absolute Gasteiger partial charge is 0.267 e. The van der Waals surface area contributed by atoms with Gasteiger partial charge in [-0.15, -0.1) is 0 Å². The van der Waals surface area contributed by atoms with Gasteiger partial charge in [0.15, 0.2) is 17.4 Å². The summed E-state index contributed by atoms with van der Waals surface area (Å²) in [5.41, 5.74) is 5.73. The first kappa shape index (κ1) is 20.2. The molecule has 3 rings (SSSR count). The van der Waals surface area contributed by atoms with E-state index in [-0.39, 0.29) is 17.7 Å². The first-order valence-corrected chi connectivity index (χ1v) is 8.13. The number of nitrogens with two attached hydrogens (primary N) is 1. The zero-order chi connectivity index (χ0) is 20.0. The molecule has 0 saturated carbocycles. The number of benzene rings is 1. The number of halogens is 2. The fraction of sp³-hybridized carbons (Fsp3) is 0.278. The van der Waals surface area contributed by atoms with E-state index in [2.05, 4.69) is 10.3 Å². The van der Waals surface area contributed by atoms with Crippen molar-refractivity contribution in [2.75, 3.05) is 5.32 Å². The highest BCUT2D eigenvalue weighted by Gasteiger charge is 2.28. The number of phenols is 1. The lowest BCUT2D eigenvalue weighted by Gasteiger charge is -2.11. The summed E-state index contributed by atoms with van der Waals surface area (Å²) in [6, 6.07) is 6.29. The molecule has 7 nitrogen and oxygen atoms in total. The molecule has 144 valence electrons. The Kier molecular flexibility index (Phi) is 6.78. The Morgan fingerprint density at radius 1 is 1.30 bits per heavy atom. The van der Waals surface area contributed by atoms with Crippen LogP contribution in [0.1, 0.15) is 30.3 Å². The predicted octanol–water partition coefficient (Wildman–Crippen LogP) is 2.36. The second-order valence-electron chi connectivity index (χ2n) is 5.87. The second kappa shape index (κ2) is 9.04. The standard InChI is InChI=1S/C12H15N3O3.C6H4F2O/c1-7-2-3-10(18-7)12(17)15-8-4-5-14-9(6-8)11(13)16;7-4-2-1-3-5(9)6(4)8/h4-7,10H,2-3H2,1H3,(H2,13,16)(H,14,15,17);1-3,9H. The number of carbonyl (C=O) groups is 2. The lowest BCUT2D eigenvalue weighted by Crippen LogP contribution is -2.28. The zero-order valence-corrected chi connectivity index (χ0v) is 14.5. The number of carbonyl (C=O) groups excluding carboxylic acids is 2. The third kappa shape index (κ3) is 5.71. The molecule has 2 amide bonds. The van der Waals surface area contributed by atoms with Gasteiger partial charge < -0.3 is 20.9 Å². The van der Waals surface area contributed by atoms with Gasteiger partial charge in [-0.05, 0) is 44.0 Å². The number of rotatable bonds is 3. The van der Waals surface area contributed by atoms with Crippen molar-refractivity contribution in [1.29, 1.82) is 0 Å². The van der Waals surface area contributed by atoms with E-state index in [1.807, 2.05) is 6.92 Å². The third-order valence-corrected chi connectivity index (χ3v) is 3.74. The number of pyridine rings is 1. The van der Waals surface area contributed by atoms with Gasteiger partial charge in [0, 0.05) is 11.9 Å². The number of phenolic OH excluding ortho intramolecular Hbond substituents is 1. The van der Waals surface area contributed by atoms with Crippen LogP contribution in [-0.4, -0.2) is 34.1 Å². The number of primary amides is 1. The van der Waals surface area contributed by atoms with Gasteiger partial charge in [-0.25, -0.2) is 4.39 Å². The minimum atomic E-state index is -1.20. The summed E-state index contributed by atoms with van der Waals surface area (Å²) in [4.78, 5) is 26.6. The first-order chi connectivity index (χ1) is 12.8. The van der Waals surface area contributed by atoms with E-state index in [1.54, 1.807) is 6.07 Å². The Balaban J connectivity index is 0.000000244. The summed E-state index contributed by atoms with van der Waals surface area (Å²) in [5.74, 6) is -3.72. The highest BCUT2D eigenvalue weighted by atomic mass is 19.2. The van der Waals surface area contributed by atoms with Crippen LogP contribution in [0, 0.1) is 11.6 Å². The maximum atomic E-state index is 12.1. The van der Waals surface area contributed by atoms with Crippen LogP contribution >= 0.6 is 0 Å². The lowest BCUT2D eigenvalue weighted by molar-refractivity contribution is -0.126. The molecule has 0 spiro atoms. The average Bonchev–Trinajstić information content (AvgIpc) is 3.07. The van der Waals surface area contributed by atoms with Crippen molar-refractivity contribution in [1.82, 2.24) is 4.98 Å². The molecule has 1 aliphatic heterocycles. The van der Waals surface area contributed by atoms with E-state index in [0.717, 1.165) is 18.6 Å². The van der Waals surface area contributed by atoms with E-state index in [4.69, 9.17) is 15.6 Å². The van der Waals surface area contributed by atoms with Gasteiger partial charge in [-0.3, -0.25) is 14.6 Å². The van der Waals surface area contributed by atoms with Crippen LogP contribution in [0.5, 0.6) is 5.75 Å². The highest BCUT2D eigenvalue weighted by molar-refractivity contribution is 5.96. The van der Waals surface area contributed by atoms with Gasteiger partial charge in [-0.1, -0.05) is 6.07 Å².